The van der Waals surface area contributed by atoms with Crippen LogP contribution in [-0.2, 0) is 6.54 Å². The van der Waals surface area contributed by atoms with Gasteiger partial charge in [-0.2, -0.15) is 0 Å². The molecule has 0 bridgehead atoms. The van der Waals surface area contributed by atoms with Crippen LogP contribution in [0.3, 0.4) is 0 Å². The summed E-state index contributed by atoms with van der Waals surface area (Å²) in [6.07, 6.45) is 4.24. The Morgan fingerprint density at radius 3 is 2.42 bits per heavy atom. The lowest BCUT2D eigenvalue weighted by atomic mass is 9.94. The number of likely N-dealkylation sites (tertiary alicyclic amines) is 1. The quantitative estimate of drug-likeness (QED) is 0.217. The van der Waals surface area contributed by atoms with Crippen molar-refractivity contribution >= 4 is 34.5 Å². The molecular weight excluding hydrogens is 518 g/mol. The number of aryl methyl sites for hydroxylation is 1. The Bertz CT molecular complexity index is 1380. The van der Waals surface area contributed by atoms with Crippen molar-refractivity contribution in [3.8, 4) is 0 Å². The highest BCUT2D eigenvalue weighted by molar-refractivity contribution is 6.30. The average Bonchev–Trinajstić information content (AvgIpc) is 3.33. The number of nitrogens with zero attached hydrogens (tertiary/aromatic N) is 4. The molecule has 5 rings (SSSR count). The van der Waals surface area contributed by atoms with Crippen molar-refractivity contribution in [2.45, 2.75) is 51.1 Å². The molecule has 7 heteroatoms. The Hall–Kier alpha value is -3.35. The van der Waals surface area contributed by atoms with E-state index in [4.69, 9.17) is 16.6 Å². The summed E-state index contributed by atoms with van der Waals surface area (Å²) in [7, 11) is 1.90. The predicted molar refractivity (Wildman–Crippen MR) is 165 cm³/mol. The highest BCUT2D eigenvalue weighted by Gasteiger charge is 2.24. The molecule has 0 spiro atoms. The maximum Gasteiger partial charge on any atom is 0.253 e. The second-order valence-corrected chi connectivity index (χ2v) is 11.4. The molecule has 1 aromatic heterocycles. The van der Waals surface area contributed by atoms with Gasteiger partial charge in [0.2, 0.25) is 5.95 Å². The van der Waals surface area contributed by atoms with E-state index in [1.165, 1.54) is 11.1 Å². The monoisotopic (exact) mass is 557 g/mol. The van der Waals surface area contributed by atoms with Crippen LogP contribution in [-0.4, -0.2) is 64.5 Å². The number of para-hydroxylation sites is 2. The molecule has 40 heavy (non-hydrogen) atoms. The Morgan fingerprint density at radius 1 is 1.00 bits per heavy atom. The van der Waals surface area contributed by atoms with E-state index in [1.807, 2.05) is 54.4 Å². The molecule has 4 aromatic rings. The normalized spacial score (nSPS) is 15.3. The van der Waals surface area contributed by atoms with E-state index in [2.05, 4.69) is 58.1 Å². The fourth-order valence-corrected chi connectivity index (χ4v) is 5.90. The number of imidazole rings is 1. The van der Waals surface area contributed by atoms with Crippen LogP contribution in [0.25, 0.3) is 11.0 Å². The number of aromatic nitrogens is 2. The molecule has 1 amide bonds. The lowest BCUT2D eigenvalue weighted by Crippen LogP contribution is -2.40. The fourth-order valence-electron chi connectivity index (χ4n) is 5.77. The minimum atomic E-state index is 0.0561. The molecule has 6 nitrogen and oxygen atoms in total. The number of amides is 1. The van der Waals surface area contributed by atoms with Gasteiger partial charge in [0, 0.05) is 55.8 Å². The number of carbonyl (C=O) groups is 1. The highest BCUT2D eigenvalue weighted by Crippen LogP contribution is 2.26. The van der Waals surface area contributed by atoms with Gasteiger partial charge in [0.05, 0.1) is 11.0 Å². The minimum absolute atomic E-state index is 0.0561. The zero-order valence-corrected chi connectivity index (χ0v) is 24.4. The van der Waals surface area contributed by atoms with E-state index >= 15 is 0 Å². The van der Waals surface area contributed by atoms with Crippen LogP contribution >= 0.6 is 11.6 Å². The van der Waals surface area contributed by atoms with Crippen LogP contribution in [0.2, 0.25) is 5.02 Å². The van der Waals surface area contributed by atoms with Gasteiger partial charge in [-0.25, -0.2) is 4.98 Å². The number of nitrogens with one attached hydrogen (secondary N) is 1. The van der Waals surface area contributed by atoms with Crippen molar-refractivity contribution in [3.05, 3.63) is 95.0 Å². The van der Waals surface area contributed by atoms with E-state index in [9.17, 15) is 4.79 Å². The Morgan fingerprint density at radius 2 is 1.70 bits per heavy atom. The van der Waals surface area contributed by atoms with Crippen molar-refractivity contribution in [2.75, 3.05) is 38.5 Å². The number of piperidine rings is 1. The standard InChI is InChI=1S/C33H40ClN5O/c1-3-20-39-31-12-8-7-11-30(31)36-33(39)35-29-18-22-38(23-19-29)21-17-27(25-13-15-28(34)16-14-25)24-37(2)32(40)26-9-5-4-6-10-26/h4-16,27,29H,3,17-24H2,1-2H3,(H,35,36). The van der Waals surface area contributed by atoms with Gasteiger partial charge >= 0.3 is 0 Å². The van der Waals surface area contributed by atoms with Crippen molar-refractivity contribution in [3.63, 3.8) is 0 Å². The molecule has 210 valence electrons. The number of likely N-dealkylation sites (N-methyl/N-ethyl adjacent to an activating group) is 1. The number of fused-ring (bicyclic) bond motifs is 1. The van der Waals surface area contributed by atoms with Crippen LogP contribution in [0.15, 0.2) is 78.9 Å². The van der Waals surface area contributed by atoms with Gasteiger partial charge in [-0.1, -0.05) is 61.0 Å². The predicted octanol–water partition coefficient (Wildman–Crippen LogP) is 6.92. The van der Waals surface area contributed by atoms with E-state index < -0.39 is 0 Å². The van der Waals surface area contributed by atoms with Gasteiger partial charge in [0.15, 0.2) is 0 Å². The maximum absolute atomic E-state index is 13.1. The Labute approximate surface area is 243 Å². The summed E-state index contributed by atoms with van der Waals surface area (Å²) in [5.41, 5.74) is 4.21. The van der Waals surface area contributed by atoms with Crippen LogP contribution < -0.4 is 5.32 Å². The number of carbonyl (C=O) groups excluding carboxylic acids is 1. The molecular formula is C33H40ClN5O. The van der Waals surface area contributed by atoms with Crippen molar-refractivity contribution in [1.29, 1.82) is 0 Å². The summed E-state index contributed by atoms with van der Waals surface area (Å²) in [6.45, 7) is 6.96. The van der Waals surface area contributed by atoms with Crippen molar-refractivity contribution < 1.29 is 4.79 Å². The third-order valence-corrected chi connectivity index (χ3v) is 8.27. The van der Waals surface area contributed by atoms with E-state index in [-0.39, 0.29) is 11.8 Å². The van der Waals surface area contributed by atoms with Crippen LogP contribution in [0.4, 0.5) is 5.95 Å². The molecule has 1 N–H and O–H groups in total. The first-order chi connectivity index (χ1) is 19.5. The SMILES string of the molecule is CCCn1c(NC2CCN(CCC(CN(C)C(=O)c3ccccc3)c3ccc(Cl)cc3)CC2)nc2ccccc21. The van der Waals surface area contributed by atoms with Gasteiger partial charge in [0.25, 0.3) is 5.91 Å². The minimum Gasteiger partial charge on any atom is -0.353 e. The van der Waals surface area contributed by atoms with Gasteiger partial charge in [0.1, 0.15) is 0 Å². The molecule has 1 unspecified atom stereocenters. The molecule has 0 radical (unpaired) electrons. The van der Waals surface area contributed by atoms with Crippen molar-refractivity contribution in [1.82, 2.24) is 19.4 Å². The second kappa shape index (κ2) is 13.3. The third-order valence-electron chi connectivity index (χ3n) is 8.02. The molecule has 1 aliphatic rings. The number of halogens is 1. The lowest BCUT2D eigenvalue weighted by Gasteiger charge is -2.34. The van der Waals surface area contributed by atoms with Crippen LogP contribution in [0, 0.1) is 0 Å². The smallest absolute Gasteiger partial charge is 0.253 e. The van der Waals surface area contributed by atoms with Gasteiger partial charge in [-0.15, -0.1) is 0 Å². The zero-order valence-electron chi connectivity index (χ0n) is 23.6. The van der Waals surface area contributed by atoms with Gasteiger partial charge in [-0.3, -0.25) is 4.79 Å². The molecule has 0 saturated carbocycles. The highest BCUT2D eigenvalue weighted by atomic mass is 35.5. The maximum atomic E-state index is 13.1. The summed E-state index contributed by atoms with van der Waals surface area (Å²) in [5.74, 6) is 1.29. The van der Waals surface area contributed by atoms with E-state index in [0.717, 1.165) is 73.9 Å². The molecule has 1 atom stereocenters. The second-order valence-electron chi connectivity index (χ2n) is 10.9. The first-order valence-electron chi connectivity index (χ1n) is 14.5. The molecule has 1 saturated heterocycles. The Kier molecular flexibility index (Phi) is 9.40. The molecule has 1 aliphatic heterocycles. The molecule has 1 fully saturated rings. The van der Waals surface area contributed by atoms with Gasteiger partial charge in [-0.05, 0) is 74.2 Å². The van der Waals surface area contributed by atoms with Crippen LogP contribution in [0.5, 0.6) is 0 Å². The molecule has 0 aliphatic carbocycles. The topological polar surface area (TPSA) is 53.4 Å². The largest absolute Gasteiger partial charge is 0.353 e. The lowest BCUT2D eigenvalue weighted by molar-refractivity contribution is 0.0782. The zero-order chi connectivity index (χ0) is 27.9. The number of anilines is 1. The summed E-state index contributed by atoms with van der Waals surface area (Å²) in [6, 6.07) is 26.5. The average molecular weight is 558 g/mol. The number of rotatable bonds is 11. The summed E-state index contributed by atoms with van der Waals surface area (Å²) in [4.78, 5) is 22.4. The number of hydrogen-bond donors (Lipinski definition) is 1. The third kappa shape index (κ3) is 6.86. The Balaban J connectivity index is 1.18. The van der Waals surface area contributed by atoms with E-state index in [0.29, 0.717) is 12.6 Å². The summed E-state index contributed by atoms with van der Waals surface area (Å²) in [5, 5.41) is 4.50. The number of benzene rings is 3. The fraction of sp³-hybridized carbons (Fsp3) is 0.394. The van der Waals surface area contributed by atoms with Crippen molar-refractivity contribution in [2.24, 2.45) is 0 Å². The van der Waals surface area contributed by atoms with Crippen LogP contribution in [0.1, 0.15) is 54.4 Å². The first-order valence-corrected chi connectivity index (χ1v) is 14.9. The van der Waals surface area contributed by atoms with E-state index in [1.54, 1.807) is 0 Å². The summed E-state index contributed by atoms with van der Waals surface area (Å²) < 4.78 is 2.33. The molecule has 3 aromatic carbocycles. The number of hydrogen-bond acceptors (Lipinski definition) is 4. The first kappa shape index (κ1) is 28.2. The van der Waals surface area contributed by atoms with Gasteiger partial charge < -0.3 is 19.7 Å². The molecule has 2 heterocycles. The summed E-state index contributed by atoms with van der Waals surface area (Å²) >= 11 is 6.19.